The van der Waals surface area contributed by atoms with Gasteiger partial charge >= 0.3 is 5.97 Å². The van der Waals surface area contributed by atoms with Gasteiger partial charge in [-0.05, 0) is 33.3 Å². The van der Waals surface area contributed by atoms with Crippen LogP contribution < -0.4 is 0 Å². The smallest absolute Gasteiger partial charge is 0.311 e. The average molecular weight is 262 g/mol. The maximum Gasteiger partial charge on any atom is 0.311 e. The number of ether oxygens (including phenoxy) is 1. The van der Waals surface area contributed by atoms with Crippen molar-refractivity contribution in [3.05, 3.63) is 35.4 Å². The van der Waals surface area contributed by atoms with Crippen LogP contribution in [0.4, 0.5) is 0 Å². The third-order valence-corrected chi connectivity index (χ3v) is 3.00. The van der Waals surface area contributed by atoms with Gasteiger partial charge < -0.3 is 4.74 Å². The van der Waals surface area contributed by atoms with Crippen molar-refractivity contribution in [2.24, 2.45) is 10.8 Å². The highest BCUT2D eigenvalue weighted by atomic mass is 16.5. The van der Waals surface area contributed by atoms with E-state index < -0.39 is 5.41 Å². The fourth-order valence-electron chi connectivity index (χ4n) is 1.77. The molecule has 0 aliphatic heterocycles. The van der Waals surface area contributed by atoms with E-state index in [2.05, 4.69) is 39.8 Å². The van der Waals surface area contributed by atoms with Crippen molar-refractivity contribution in [2.75, 3.05) is 0 Å². The van der Waals surface area contributed by atoms with Crippen molar-refractivity contribution in [3.63, 3.8) is 0 Å². The zero-order chi connectivity index (χ0) is 14.8. The molecular formula is C17H26O2. The predicted octanol–water partition coefficient (Wildman–Crippen LogP) is 4.67. The van der Waals surface area contributed by atoms with Crippen LogP contribution in [0, 0.1) is 17.8 Å². The number of esters is 1. The molecule has 0 saturated carbocycles. The number of rotatable bonds is 2. The molecule has 19 heavy (non-hydrogen) atoms. The number of hydrogen-bond acceptors (Lipinski definition) is 2. The molecule has 106 valence electrons. The molecule has 0 bridgehead atoms. The van der Waals surface area contributed by atoms with Gasteiger partial charge in [-0.1, -0.05) is 50.6 Å². The molecule has 0 heterocycles. The van der Waals surface area contributed by atoms with Gasteiger partial charge in [0.15, 0.2) is 0 Å². The molecule has 0 aromatic heterocycles. The van der Waals surface area contributed by atoms with Gasteiger partial charge in [0.1, 0.15) is 6.10 Å². The van der Waals surface area contributed by atoms with Crippen LogP contribution in [0.3, 0.4) is 0 Å². The zero-order valence-electron chi connectivity index (χ0n) is 13.2. The lowest BCUT2D eigenvalue weighted by Crippen LogP contribution is -2.30. The Morgan fingerprint density at radius 3 is 1.84 bits per heavy atom. The zero-order valence-corrected chi connectivity index (χ0v) is 13.2. The van der Waals surface area contributed by atoms with Gasteiger partial charge in [0, 0.05) is 5.41 Å². The molecule has 2 nitrogen and oxygen atoms in total. The Balaban J connectivity index is 3.04. The summed E-state index contributed by atoms with van der Waals surface area (Å²) in [5, 5.41) is 0. The molecule has 0 amide bonds. The molecular weight excluding hydrogens is 236 g/mol. The first kappa shape index (κ1) is 15.7. The molecule has 1 rings (SSSR count). The number of aryl methyl sites for hydroxylation is 1. The van der Waals surface area contributed by atoms with E-state index in [1.165, 1.54) is 5.56 Å². The van der Waals surface area contributed by atoms with Crippen molar-refractivity contribution in [1.29, 1.82) is 0 Å². The first-order valence-corrected chi connectivity index (χ1v) is 6.79. The summed E-state index contributed by atoms with van der Waals surface area (Å²) in [6.07, 6.45) is -0.222. The van der Waals surface area contributed by atoms with Crippen molar-refractivity contribution in [1.82, 2.24) is 0 Å². The molecule has 2 heteroatoms. The van der Waals surface area contributed by atoms with Crippen LogP contribution in [0.2, 0.25) is 0 Å². The van der Waals surface area contributed by atoms with E-state index in [9.17, 15) is 4.79 Å². The Bertz CT molecular complexity index is 430. The number of carbonyl (C=O) groups excluding carboxylic acids is 1. The molecule has 0 spiro atoms. The second kappa shape index (κ2) is 5.36. The highest BCUT2D eigenvalue weighted by Crippen LogP contribution is 2.37. The fourth-order valence-corrected chi connectivity index (χ4v) is 1.77. The maximum absolute atomic E-state index is 12.1. The van der Waals surface area contributed by atoms with Gasteiger partial charge in [0.05, 0.1) is 5.41 Å². The minimum atomic E-state index is -0.478. The van der Waals surface area contributed by atoms with Crippen LogP contribution >= 0.6 is 0 Å². The third kappa shape index (κ3) is 4.38. The summed E-state index contributed by atoms with van der Waals surface area (Å²) in [7, 11) is 0. The average Bonchev–Trinajstić information content (AvgIpc) is 2.24. The fraction of sp³-hybridized carbons (Fsp3) is 0.588. The topological polar surface area (TPSA) is 26.3 Å². The van der Waals surface area contributed by atoms with Gasteiger partial charge in [-0.25, -0.2) is 0 Å². The molecule has 0 saturated heterocycles. The summed E-state index contributed by atoms with van der Waals surface area (Å²) >= 11 is 0. The summed E-state index contributed by atoms with van der Waals surface area (Å²) in [6.45, 7) is 14.0. The second-order valence-electron chi connectivity index (χ2n) is 7.31. The Morgan fingerprint density at radius 1 is 1.00 bits per heavy atom. The second-order valence-corrected chi connectivity index (χ2v) is 7.31. The Kier molecular flexibility index (Phi) is 4.44. The summed E-state index contributed by atoms with van der Waals surface area (Å²) in [5.41, 5.74) is 1.65. The van der Waals surface area contributed by atoms with Gasteiger partial charge in [0.25, 0.3) is 0 Å². The third-order valence-electron chi connectivity index (χ3n) is 3.00. The normalized spacial score (nSPS) is 14.1. The van der Waals surface area contributed by atoms with Crippen LogP contribution in [0.15, 0.2) is 24.3 Å². The molecule has 0 fully saturated rings. The van der Waals surface area contributed by atoms with Crippen LogP contribution in [0.1, 0.15) is 58.8 Å². The van der Waals surface area contributed by atoms with Gasteiger partial charge in [-0.15, -0.1) is 0 Å². The molecule has 0 radical (unpaired) electrons. The lowest BCUT2D eigenvalue weighted by atomic mass is 9.84. The molecule has 1 atom stereocenters. The number of hydrogen-bond donors (Lipinski definition) is 0. The SMILES string of the molecule is Cc1ccc(C(OC(=O)C(C)(C)C)C(C)(C)C)cc1. The summed E-state index contributed by atoms with van der Waals surface area (Å²) in [5.74, 6) is -0.159. The largest absolute Gasteiger partial charge is 0.457 e. The van der Waals surface area contributed by atoms with E-state index in [1.807, 2.05) is 32.9 Å². The summed E-state index contributed by atoms with van der Waals surface area (Å²) in [6, 6.07) is 8.19. The van der Waals surface area contributed by atoms with Crippen molar-refractivity contribution >= 4 is 5.97 Å². The minimum Gasteiger partial charge on any atom is -0.457 e. The highest BCUT2D eigenvalue weighted by Gasteiger charge is 2.33. The maximum atomic E-state index is 12.1. The molecule has 0 N–H and O–H groups in total. The molecule has 1 unspecified atom stereocenters. The van der Waals surface area contributed by atoms with E-state index in [0.717, 1.165) is 5.56 Å². The van der Waals surface area contributed by atoms with Crippen LogP contribution in [-0.2, 0) is 9.53 Å². The highest BCUT2D eigenvalue weighted by molar-refractivity contribution is 5.75. The van der Waals surface area contributed by atoms with Crippen molar-refractivity contribution in [2.45, 2.75) is 54.6 Å². The van der Waals surface area contributed by atoms with Gasteiger partial charge in [-0.3, -0.25) is 4.79 Å². The van der Waals surface area contributed by atoms with E-state index >= 15 is 0 Å². The molecule has 0 aliphatic rings. The molecule has 1 aromatic carbocycles. The number of carbonyl (C=O) groups is 1. The summed E-state index contributed by atoms with van der Waals surface area (Å²) in [4.78, 5) is 12.1. The van der Waals surface area contributed by atoms with Crippen LogP contribution in [-0.4, -0.2) is 5.97 Å². The number of benzene rings is 1. The first-order chi connectivity index (χ1) is 8.51. The minimum absolute atomic E-state index is 0.129. The van der Waals surface area contributed by atoms with E-state index in [1.54, 1.807) is 0 Å². The van der Waals surface area contributed by atoms with Crippen molar-refractivity contribution < 1.29 is 9.53 Å². The van der Waals surface area contributed by atoms with Gasteiger partial charge in [0.2, 0.25) is 0 Å². The monoisotopic (exact) mass is 262 g/mol. The standard InChI is InChI=1S/C17H26O2/c1-12-8-10-13(11-9-12)14(16(2,3)4)19-15(18)17(5,6)7/h8-11,14H,1-7H3. The van der Waals surface area contributed by atoms with E-state index in [0.29, 0.717) is 0 Å². The van der Waals surface area contributed by atoms with Crippen LogP contribution in [0.5, 0.6) is 0 Å². The van der Waals surface area contributed by atoms with E-state index in [4.69, 9.17) is 4.74 Å². The molecule has 1 aromatic rings. The molecule has 0 aliphatic carbocycles. The quantitative estimate of drug-likeness (QED) is 0.724. The summed E-state index contributed by atoms with van der Waals surface area (Å²) < 4.78 is 5.77. The Hall–Kier alpha value is -1.31. The lowest BCUT2D eigenvalue weighted by molar-refractivity contribution is -0.165. The predicted molar refractivity (Wildman–Crippen MR) is 78.9 cm³/mol. The Labute approximate surface area is 117 Å². The lowest BCUT2D eigenvalue weighted by Gasteiger charge is -2.33. The van der Waals surface area contributed by atoms with Crippen LogP contribution in [0.25, 0.3) is 0 Å². The van der Waals surface area contributed by atoms with Gasteiger partial charge in [-0.2, -0.15) is 0 Å². The van der Waals surface area contributed by atoms with Crippen molar-refractivity contribution in [3.8, 4) is 0 Å². The van der Waals surface area contributed by atoms with E-state index in [-0.39, 0.29) is 17.5 Å². The Morgan fingerprint density at radius 2 is 1.47 bits per heavy atom. The first-order valence-electron chi connectivity index (χ1n) is 6.79.